The van der Waals surface area contributed by atoms with Crippen LogP contribution in [0.25, 0.3) is 22.2 Å². The number of hydrogen-bond acceptors (Lipinski definition) is 3. The van der Waals surface area contributed by atoms with E-state index in [0.29, 0.717) is 26.8 Å². The SMILES string of the molecule is Cn1ncc(-c2cc(Cl)c(Cl)c3[nH]c4c(c23)CC(=O)NCC4CCC(F)F)n1. The van der Waals surface area contributed by atoms with Crippen molar-refractivity contribution in [1.29, 1.82) is 0 Å². The second kappa shape index (κ2) is 7.33. The summed E-state index contributed by atoms with van der Waals surface area (Å²) in [6.45, 7) is 0.289. The fourth-order valence-electron chi connectivity index (χ4n) is 3.74. The normalized spacial score (nSPS) is 17.1. The van der Waals surface area contributed by atoms with E-state index in [1.807, 2.05) is 0 Å². The zero-order chi connectivity index (χ0) is 20.0. The number of amides is 1. The van der Waals surface area contributed by atoms with Crippen LogP contribution in [0.15, 0.2) is 12.3 Å². The van der Waals surface area contributed by atoms with Crippen LogP contribution in [0.3, 0.4) is 0 Å². The van der Waals surface area contributed by atoms with E-state index in [1.165, 1.54) is 4.80 Å². The van der Waals surface area contributed by atoms with Crippen LogP contribution in [-0.2, 0) is 18.3 Å². The second-order valence-electron chi connectivity index (χ2n) is 6.85. The molecule has 1 unspecified atom stereocenters. The fourth-order valence-corrected chi connectivity index (χ4v) is 4.14. The van der Waals surface area contributed by atoms with Gasteiger partial charge in [0.2, 0.25) is 12.3 Å². The molecular weight excluding hydrogens is 411 g/mol. The monoisotopic (exact) mass is 427 g/mol. The number of nitrogens with one attached hydrogen (secondary N) is 2. The Labute approximate surface area is 169 Å². The van der Waals surface area contributed by atoms with Crippen molar-refractivity contribution in [1.82, 2.24) is 25.3 Å². The van der Waals surface area contributed by atoms with Crippen LogP contribution in [-0.4, -0.2) is 38.9 Å². The quantitative estimate of drug-likeness (QED) is 0.658. The lowest BCUT2D eigenvalue weighted by atomic mass is 9.94. The smallest absolute Gasteiger partial charge is 0.238 e. The van der Waals surface area contributed by atoms with Gasteiger partial charge in [-0.3, -0.25) is 4.79 Å². The molecule has 1 aromatic carbocycles. The van der Waals surface area contributed by atoms with Gasteiger partial charge >= 0.3 is 0 Å². The van der Waals surface area contributed by atoms with Gasteiger partial charge in [-0.1, -0.05) is 23.2 Å². The summed E-state index contributed by atoms with van der Waals surface area (Å²) >= 11 is 12.8. The lowest BCUT2D eigenvalue weighted by molar-refractivity contribution is -0.120. The molecule has 1 amide bonds. The van der Waals surface area contributed by atoms with Gasteiger partial charge in [0.05, 0.1) is 28.2 Å². The number of fused-ring (bicyclic) bond motifs is 3. The lowest BCUT2D eigenvalue weighted by Crippen LogP contribution is -2.26. The molecule has 1 aliphatic rings. The molecule has 6 nitrogen and oxygen atoms in total. The van der Waals surface area contributed by atoms with Crippen molar-refractivity contribution in [3.05, 3.63) is 33.6 Å². The molecule has 2 N–H and O–H groups in total. The third kappa shape index (κ3) is 3.35. The molecule has 2 aromatic heterocycles. The first-order chi connectivity index (χ1) is 13.3. The van der Waals surface area contributed by atoms with Crippen molar-refractivity contribution < 1.29 is 13.6 Å². The Balaban J connectivity index is 1.96. The molecule has 4 rings (SSSR count). The van der Waals surface area contributed by atoms with E-state index in [2.05, 4.69) is 20.5 Å². The predicted molar refractivity (Wildman–Crippen MR) is 103 cm³/mol. The Hall–Kier alpha value is -2.19. The van der Waals surface area contributed by atoms with E-state index in [-0.39, 0.29) is 37.6 Å². The number of benzene rings is 1. The van der Waals surface area contributed by atoms with E-state index in [9.17, 15) is 13.6 Å². The highest BCUT2D eigenvalue weighted by atomic mass is 35.5. The third-order valence-corrected chi connectivity index (χ3v) is 5.79. The zero-order valence-electron chi connectivity index (χ0n) is 14.9. The average molecular weight is 428 g/mol. The van der Waals surface area contributed by atoms with E-state index in [4.69, 9.17) is 23.2 Å². The Bertz CT molecular complexity index is 1060. The summed E-state index contributed by atoms with van der Waals surface area (Å²) in [5.41, 5.74) is 3.34. The standard InChI is InChI=1S/C18H17Cl2F2N5O/c1-27-24-7-12(26-27)9-4-11(19)16(20)18-15(9)10-5-14(28)23-6-8(17(10)25-18)2-3-13(21)22/h4,7-8,13,25H,2-3,5-6H2,1H3,(H,23,28). The molecule has 3 aromatic rings. The number of aromatic amines is 1. The predicted octanol–water partition coefficient (Wildman–Crippen LogP) is 4.07. The summed E-state index contributed by atoms with van der Waals surface area (Å²) in [5, 5.41) is 12.6. The molecule has 0 spiro atoms. The van der Waals surface area contributed by atoms with Crippen molar-refractivity contribution in [2.75, 3.05) is 6.54 Å². The van der Waals surface area contributed by atoms with Crippen molar-refractivity contribution >= 4 is 40.0 Å². The van der Waals surface area contributed by atoms with Gasteiger partial charge in [0.15, 0.2) is 0 Å². The van der Waals surface area contributed by atoms with Crippen molar-refractivity contribution in [2.45, 2.75) is 31.6 Å². The Morgan fingerprint density at radius 1 is 1.39 bits per heavy atom. The first-order valence-electron chi connectivity index (χ1n) is 8.79. The molecule has 0 aliphatic carbocycles. The maximum absolute atomic E-state index is 12.8. The molecule has 0 fully saturated rings. The third-order valence-electron chi connectivity index (χ3n) is 5.01. The molecule has 3 heterocycles. The molecule has 28 heavy (non-hydrogen) atoms. The summed E-state index contributed by atoms with van der Waals surface area (Å²) in [4.78, 5) is 17.0. The van der Waals surface area contributed by atoms with Gasteiger partial charge in [-0.25, -0.2) is 8.78 Å². The van der Waals surface area contributed by atoms with E-state index >= 15 is 0 Å². The van der Waals surface area contributed by atoms with E-state index in [1.54, 1.807) is 19.3 Å². The maximum Gasteiger partial charge on any atom is 0.238 e. The Morgan fingerprint density at radius 2 is 2.18 bits per heavy atom. The van der Waals surface area contributed by atoms with Gasteiger partial charge in [0.25, 0.3) is 0 Å². The number of rotatable bonds is 4. The number of aromatic nitrogens is 4. The maximum atomic E-state index is 12.8. The number of carbonyl (C=O) groups excluding carboxylic acids is 1. The summed E-state index contributed by atoms with van der Waals surface area (Å²) in [5.74, 6) is -0.440. The number of hydrogen-bond donors (Lipinski definition) is 2. The molecule has 0 saturated heterocycles. The first-order valence-corrected chi connectivity index (χ1v) is 9.54. The summed E-state index contributed by atoms with van der Waals surface area (Å²) in [7, 11) is 1.70. The van der Waals surface area contributed by atoms with Crippen molar-refractivity contribution in [3.8, 4) is 11.3 Å². The van der Waals surface area contributed by atoms with Gasteiger partial charge < -0.3 is 10.3 Å². The van der Waals surface area contributed by atoms with Gasteiger partial charge in [-0.15, -0.1) is 0 Å². The number of halogens is 4. The Morgan fingerprint density at radius 3 is 2.86 bits per heavy atom. The van der Waals surface area contributed by atoms with Crippen molar-refractivity contribution in [2.24, 2.45) is 7.05 Å². The van der Waals surface area contributed by atoms with Gasteiger partial charge in [-0.05, 0) is 18.1 Å². The molecule has 0 bridgehead atoms. The number of aryl methyl sites for hydroxylation is 1. The summed E-state index contributed by atoms with van der Waals surface area (Å²) in [6.07, 6.45) is -0.695. The van der Waals surface area contributed by atoms with Crippen LogP contribution in [0.4, 0.5) is 8.78 Å². The first kappa shape index (κ1) is 19.1. The van der Waals surface area contributed by atoms with E-state index in [0.717, 1.165) is 16.6 Å². The largest absolute Gasteiger partial charge is 0.357 e. The molecule has 10 heteroatoms. The summed E-state index contributed by atoms with van der Waals surface area (Å²) < 4.78 is 25.6. The van der Waals surface area contributed by atoms with Crippen LogP contribution in [0.1, 0.15) is 30.0 Å². The van der Waals surface area contributed by atoms with Crippen LogP contribution in [0.5, 0.6) is 0 Å². The highest BCUT2D eigenvalue weighted by molar-refractivity contribution is 6.45. The van der Waals surface area contributed by atoms with Gasteiger partial charge in [0.1, 0.15) is 5.69 Å². The molecule has 1 atom stereocenters. The lowest BCUT2D eigenvalue weighted by Gasteiger charge is -2.14. The van der Waals surface area contributed by atoms with Gasteiger partial charge in [0, 0.05) is 42.6 Å². The average Bonchev–Trinajstić information content (AvgIpc) is 3.19. The number of alkyl halides is 2. The van der Waals surface area contributed by atoms with Crippen LogP contribution >= 0.6 is 23.2 Å². The second-order valence-corrected chi connectivity index (χ2v) is 7.64. The minimum atomic E-state index is -2.40. The molecule has 0 radical (unpaired) electrons. The van der Waals surface area contributed by atoms with Crippen LogP contribution in [0, 0.1) is 0 Å². The highest BCUT2D eigenvalue weighted by Crippen LogP contribution is 2.43. The number of carbonyl (C=O) groups is 1. The number of H-pyrrole nitrogens is 1. The highest BCUT2D eigenvalue weighted by Gasteiger charge is 2.29. The molecular formula is C18H17Cl2F2N5O. The minimum Gasteiger partial charge on any atom is -0.357 e. The van der Waals surface area contributed by atoms with Crippen molar-refractivity contribution in [3.63, 3.8) is 0 Å². The molecule has 0 saturated carbocycles. The zero-order valence-corrected chi connectivity index (χ0v) is 16.4. The van der Waals surface area contributed by atoms with Gasteiger partial charge in [-0.2, -0.15) is 15.0 Å². The minimum absolute atomic E-state index is 0.117. The molecule has 148 valence electrons. The molecule has 1 aliphatic heterocycles. The summed E-state index contributed by atoms with van der Waals surface area (Å²) in [6, 6.07) is 1.70. The topological polar surface area (TPSA) is 75.6 Å². The fraction of sp³-hybridized carbons (Fsp3) is 0.389. The Kier molecular flexibility index (Phi) is 5.01. The van der Waals surface area contributed by atoms with E-state index < -0.39 is 6.43 Å². The van der Waals surface area contributed by atoms with Crippen LogP contribution in [0.2, 0.25) is 10.0 Å². The van der Waals surface area contributed by atoms with Crippen LogP contribution < -0.4 is 5.32 Å². The number of nitrogens with zero attached hydrogens (tertiary/aromatic N) is 3.